The molecule has 11 N–H and O–H groups in total. The number of anilines is 4. The summed E-state index contributed by atoms with van der Waals surface area (Å²) in [4.78, 5) is 98.4. The molecule has 5 aromatic heterocycles. The Hall–Kier alpha value is -8.47. The van der Waals surface area contributed by atoms with E-state index in [9.17, 15) is 38.4 Å². The third-order valence-corrected chi connectivity index (χ3v) is 13.0. The quantitative estimate of drug-likeness (QED) is 0.0207. The van der Waals surface area contributed by atoms with Gasteiger partial charge in [0.2, 0.25) is 18.2 Å². The van der Waals surface area contributed by atoms with Crippen LogP contribution in [0.25, 0.3) is 5.70 Å². The second-order valence-electron chi connectivity index (χ2n) is 21.3. The topological polar surface area (TPSA) is 347 Å². The Kier molecular flexibility index (Phi) is 45.0. The van der Waals surface area contributed by atoms with Crippen molar-refractivity contribution in [1.82, 2.24) is 69.3 Å². The number of nitrogens with zero attached hydrogens (tertiary/aromatic N) is 9. The highest BCUT2D eigenvalue weighted by atomic mass is 16.5. The van der Waals surface area contributed by atoms with Crippen LogP contribution in [0.3, 0.4) is 0 Å². The Morgan fingerprint density at radius 1 is 0.663 bits per heavy atom. The molecule has 0 aromatic carbocycles. The monoisotopic (exact) mass is 1250 g/mol. The molecule has 0 radical (unpaired) electrons. The Morgan fingerprint density at radius 3 is 1.65 bits per heavy atom. The van der Waals surface area contributed by atoms with E-state index in [1.165, 1.54) is 0 Å². The van der Waals surface area contributed by atoms with Crippen molar-refractivity contribution < 1.29 is 43.1 Å². The average molecular weight is 1250 g/mol. The molecular formula is C61H107N19O9. The third-order valence-electron chi connectivity index (χ3n) is 13.0. The van der Waals surface area contributed by atoms with E-state index in [0.29, 0.717) is 94.6 Å². The highest BCUT2D eigenvalue weighted by Crippen LogP contribution is 2.23. The van der Waals surface area contributed by atoms with Crippen LogP contribution in [-0.4, -0.2) is 199 Å². The summed E-state index contributed by atoms with van der Waals surface area (Å²) in [6.45, 7) is 19.7. The van der Waals surface area contributed by atoms with Gasteiger partial charge in [0, 0.05) is 165 Å². The first-order valence-electron chi connectivity index (χ1n) is 29.4. The standard InChI is InChI=1S/C22H45N5O4.C11H17N3O.C7H10N2O.C6H9N3O.C6H11N3.C5H6N2O.C4H9NO/c1-21(2,10-17-31-22(3,4)9-11-23)20(30)26-13-7-16-27(5)15-6-12-25-19(29)8-14-24-18-28;1-9(13-5-4-6-15)11-7-10(12-2)8-14(11)3;1-8-6-3-7(5-10)9(2)4-6;1-7-5-3-9(2)6(4-10)8-5;1-5-8-6(7-2)4-9(5)3;1-7-3-2-6-5(7)4-8;1-5-3-2-4-6/h18H,6-17,23H2,1-5H3,(H,24,28)(H,25,29)(H,26,30);6-8,12-13H,1,4-5H2,2-3H3;3-5,8H,1-2H3;3-4,7H,1-2H3;4,7H,1-3H3;2-4H,1H3;4-5H,2-3H2,1H3. The predicted octanol–water partition coefficient (Wildman–Crippen LogP) is 3.79. The Morgan fingerprint density at radius 2 is 1.24 bits per heavy atom. The van der Waals surface area contributed by atoms with E-state index in [1.54, 1.807) is 59.5 Å². The van der Waals surface area contributed by atoms with Crippen molar-refractivity contribution in [2.45, 2.75) is 85.2 Å². The van der Waals surface area contributed by atoms with Crippen molar-refractivity contribution in [3.63, 3.8) is 0 Å². The maximum absolute atomic E-state index is 12.5. The lowest BCUT2D eigenvalue weighted by Crippen LogP contribution is -2.39. The number of carbonyl (C=O) groups excluding carboxylic acids is 8. The lowest BCUT2D eigenvalue weighted by atomic mass is 9.88. The second kappa shape index (κ2) is 48.5. The number of nitrogens with one attached hydrogen (secondary N) is 9. The summed E-state index contributed by atoms with van der Waals surface area (Å²) in [5.41, 5.74) is 9.40. The van der Waals surface area contributed by atoms with Gasteiger partial charge in [0.15, 0.2) is 30.5 Å². The van der Waals surface area contributed by atoms with E-state index in [2.05, 4.69) is 74.3 Å². The van der Waals surface area contributed by atoms with Crippen molar-refractivity contribution in [2.24, 2.45) is 46.4 Å². The summed E-state index contributed by atoms with van der Waals surface area (Å²) in [6, 6.07) is 3.81. The number of nitrogens with two attached hydrogens (primary N) is 1. The zero-order chi connectivity index (χ0) is 67.8. The van der Waals surface area contributed by atoms with Crippen LogP contribution >= 0.6 is 0 Å². The Labute approximate surface area is 527 Å². The van der Waals surface area contributed by atoms with Gasteiger partial charge in [0.25, 0.3) is 0 Å². The summed E-state index contributed by atoms with van der Waals surface area (Å²) in [6.07, 6.45) is 20.1. The van der Waals surface area contributed by atoms with Gasteiger partial charge in [-0.15, -0.1) is 0 Å². The fraction of sp³-hybridized carbons (Fsp3) is 0.557. The molecular weight excluding hydrogens is 1140 g/mol. The first-order chi connectivity index (χ1) is 42.3. The molecule has 0 saturated heterocycles. The molecule has 28 heteroatoms. The number of amides is 3. The van der Waals surface area contributed by atoms with Gasteiger partial charge in [-0.25, -0.2) is 15.0 Å². The predicted molar refractivity (Wildman–Crippen MR) is 355 cm³/mol. The molecule has 0 aliphatic carbocycles. The van der Waals surface area contributed by atoms with Gasteiger partial charge in [-0.1, -0.05) is 20.4 Å². The van der Waals surface area contributed by atoms with Crippen molar-refractivity contribution in [2.75, 3.05) is 123 Å². The first kappa shape index (κ1) is 82.6. The lowest BCUT2D eigenvalue weighted by Gasteiger charge is -2.28. The molecule has 5 rings (SSSR count). The minimum Gasteiger partial charge on any atom is -0.387 e. The van der Waals surface area contributed by atoms with Crippen LogP contribution < -0.4 is 53.6 Å². The maximum atomic E-state index is 12.5. The molecule has 0 spiro atoms. The van der Waals surface area contributed by atoms with Gasteiger partial charge in [-0.2, -0.15) is 0 Å². The Balaban J connectivity index is 0. The zero-order valence-corrected chi connectivity index (χ0v) is 55.9. The largest absolute Gasteiger partial charge is 0.387 e. The SMILES string of the molecule is C=C(NCCC=O)c1cc(NC)cn1C.CN(CCCNC(=O)CCNC=O)CCCNC(=O)C(C)(C)CCOC(C)(C)CCN.CNCCC=O.CNc1cc(C=O)n(C)c1.CNc1cn(C)c(C)n1.CNc1cn(C)c(C=O)n1.Cn1ccnc1C=O. The van der Waals surface area contributed by atoms with Gasteiger partial charge < -0.3 is 95.6 Å². The fourth-order valence-electron chi connectivity index (χ4n) is 7.22. The van der Waals surface area contributed by atoms with Crippen molar-refractivity contribution in [1.29, 1.82) is 0 Å². The number of aldehydes is 5. The molecule has 0 atom stereocenters. The normalized spacial score (nSPS) is 10.3. The van der Waals surface area contributed by atoms with Crippen LogP contribution in [-0.2, 0) is 63.9 Å². The number of carbonyl (C=O) groups is 8. The van der Waals surface area contributed by atoms with Crippen LogP contribution in [0.5, 0.6) is 0 Å². The van der Waals surface area contributed by atoms with E-state index in [0.717, 1.165) is 105 Å². The molecule has 500 valence electrons. The molecule has 0 unspecified atom stereocenters. The number of imidazole rings is 3. The minimum absolute atomic E-state index is 0.0437. The summed E-state index contributed by atoms with van der Waals surface area (Å²) in [5.74, 6) is 3.55. The van der Waals surface area contributed by atoms with Crippen molar-refractivity contribution in [3.8, 4) is 0 Å². The number of aryl methyl sites for hydroxylation is 6. The van der Waals surface area contributed by atoms with Crippen LogP contribution in [0.2, 0.25) is 0 Å². The van der Waals surface area contributed by atoms with E-state index >= 15 is 0 Å². The van der Waals surface area contributed by atoms with Crippen molar-refractivity contribution >= 4 is 78.4 Å². The maximum Gasteiger partial charge on any atom is 0.225 e. The van der Waals surface area contributed by atoms with Gasteiger partial charge in [0.05, 0.1) is 34.1 Å². The fourth-order valence-corrected chi connectivity index (χ4v) is 7.22. The lowest BCUT2D eigenvalue weighted by molar-refractivity contribution is -0.131. The summed E-state index contributed by atoms with van der Waals surface area (Å²) >= 11 is 0. The number of hydrogen-bond donors (Lipinski definition) is 10. The van der Waals surface area contributed by atoms with Crippen LogP contribution in [0, 0.1) is 12.3 Å². The summed E-state index contributed by atoms with van der Waals surface area (Å²) < 4.78 is 15.0. The van der Waals surface area contributed by atoms with Gasteiger partial charge >= 0.3 is 0 Å². The molecule has 89 heavy (non-hydrogen) atoms. The highest BCUT2D eigenvalue weighted by molar-refractivity contribution is 5.81. The summed E-state index contributed by atoms with van der Waals surface area (Å²) in [7, 11) is 20.5. The van der Waals surface area contributed by atoms with Gasteiger partial charge in [0.1, 0.15) is 30.0 Å². The molecule has 0 fully saturated rings. The zero-order valence-electron chi connectivity index (χ0n) is 55.9. The number of hydrogen-bond acceptors (Lipinski definition) is 20. The summed E-state index contributed by atoms with van der Waals surface area (Å²) in [5, 5.41) is 26.1. The van der Waals surface area contributed by atoms with Crippen LogP contribution in [0.1, 0.15) is 116 Å². The Bertz CT molecular complexity index is 2700. The van der Waals surface area contributed by atoms with E-state index in [-0.39, 0.29) is 17.4 Å². The van der Waals surface area contributed by atoms with E-state index < -0.39 is 5.41 Å². The molecule has 28 nitrogen and oxygen atoms in total. The average Bonchev–Trinajstić information content (AvgIpc) is 3.09. The molecule has 5 aromatic rings. The van der Waals surface area contributed by atoms with Crippen LogP contribution in [0.4, 0.5) is 23.0 Å². The molecule has 0 saturated carbocycles. The smallest absolute Gasteiger partial charge is 0.225 e. The van der Waals surface area contributed by atoms with Gasteiger partial charge in [-0.05, 0) is 92.3 Å². The highest BCUT2D eigenvalue weighted by Gasteiger charge is 2.28. The van der Waals surface area contributed by atoms with Crippen LogP contribution in [0.15, 0.2) is 55.9 Å². The number of aromatic nitrogens is 8. The molecule has 0 bridgehead atoms. The van der Waals surface area contributed by atoms with E-state index in [1.807, 2.05) is 125 Å². The first-order valence-corrected chi connectivity index (χ1v) is 29.4. The second-order valence-corrected chi connectivity index (χ2v) is 21.3. The molecule has 0 aliphatic rings. The molecule has 0 aliphatic heterocycles. The third kappa shape index (κ3) is 37.8. The van der Waals surface area contributed by atoms with E-state index in [4.69, 9.17) is 10.5 Å². The minimum atomic E-state index is -0.482. The molecule has 5 heterocycles. The number of rotatable bonds is 34. The number of ether oxygens (including phenoxy) is 1. The van der Waals surface area contributed by atoms with Crippen molar-refractivity contribution in [3.05, 3.63) is 84.8 Å². The molecule has 3 amide bonds. The van der Waals surface area contributed by atoms with Gasteiger partial charge in [-0.3, -0.25) is 28.8 Å².